The van der Waals surface area contributed by atoms with Gasteiger partial charge >= 0.3 is 5.97 Å². The molecular formula is C8H8N4O3. The van der Waals surface area contributed by atoms with Gasteiger partial charge in [-0.2, -0.15) is 5.10 Å². The van der Waals surface area contributed by atoms with Gasteiger partial charge in [-0.1, -0.05) is 0 Å². The number of aliphatic carboxylic acids is 1. The number of amides is 1. The molecule has 2 heterocycles. The molecule has 1 aliphatic rings. The topological polar surface area (TPSA) is 96.3 Å². The molecule has 1 N–H and O–H groups in total. The van der Waals surface area contributed by atoms with Crippen LogP contribution in [0, 0.1) is 5.92 Å². The number of carbonyl (C=O) groups excluding carboxylic acids is 1. The molecule has 0 aliphatic carbocycles. The summed E-state index contributed by atoms with van der Waals surface area (Å²) in [5.41, 5.74) is 0. The van der Waals surface area contributed by atoms with Gasteiger partial charge in [-0.25, -0.2) is 4.98 Å². The molecule has 0 radical (unpaired) electrons. The molecule has 1 unspecified atom stereocenters. The van der Waals surface area contributed by atoms with Crippen molar-refractivity contribution < 1.29 is 14.7 Å². The molecular weight excluding hydrogens is 200 g/mol. The minimum absolute atomic E-state index is 0.00636. The highest BCUT2D eigenvalue weighted by atomic mass is 16.4. The van der Waals surface area contributed by atoms with Crippen LogP contribution in [0.4, 0.5) is 5.95 Å². The van der Waals surface area contributed by atoms with Gasteiger partial charge in [0.1, 0.15) is 0 Å². The summed E-state index contributed by atoms with van der Waals surface area (Å²) >= 11 is 0. The lowest BCUT2D eigenvalue weighted by molar-refractivity contribution is -0.141. The van der Waals surface area contributed by atoms with Crippen molar-refractivity contribution in [3.8, 4) is 0 Å². The fourth-order valence-electron chi connectivity index (χ4n) is 1.43. The van der Waals surface area contributed by atoms with Crippen LogP contribution in [0.2, 0.25) is 0 Å². The predicted octanol–water partition coefficient (Wildman–Crippen LogP) is -0.691. The molecule has 1 saturated heterocycles. The zero-order chi connectivity index (χ0) is 10.8. The fraction of sp³-hybridized carbons (Fsp3) is 0.375. The van der Waals surface area contributed by atoms with E-state index in [0.717, 1.165) is 0 Å². The van der Waals surface area contributed by atoms with Crippen LogP contribution in [0.15, 0.2) is 12.4 Å². The van der Waals surface area contributed by atoms with Gasteiger partial charge in [0.15, 0.2) is 0 Å². The number of nitrogens with zero attached hydrogens (tertiary/aromatic N) is 4. The Morgan fingerprint density at radius 2 is 2.33 bits per heavy atom. The Kier molecular flexibility index (Phi) is 2.28. The maximum absolute atomic E-state index is 11.4. The Morgan fingerprint density at radius 1 is 1.53 bits per heavy atom. The number of anilines is 1. The number of carbonyl (C=O) groups is 2. The molecule has 15 heavy (non-hydrogen) atoms. The molecule has 78 valence electrons. The lowest BCUT2D eigenvalue weighted by atomic mass is 10.1. The summed E-state index contributed by atoms with van der Waals surface area (Å²) < 4.78 is 0. The highest BCUT2D eigenvalue weighted by Gasteiger charge is 2.36. The van der Waals surface area contributed by atoms with Crippen molar-refractivity contribution in [2.45, 2.75) is 6.42 Å². The van der Waals surface area contributed by atoms with E-state index in [-0.39, 0.29) is 24.8 Å². The first-order valence-corrected chi connectivity index (χ1v) is 4.35. The predicted molar refractivity (Wildman–Crippen MR) is 47.9 cm³/mol. The first-order chi connectivity index (χ1) is 7.18. The molecule has 7 nitrogen and oxygen atoms in total. The van der Waals surface area contributed by atoms with Gasteiger partial charge in [-0.05, 0) is 0 Å². The van der Waals surface area contributed by atoms with E-state index in [0.29, 0.717) is 0 Å². The molecule has 1 fully saturated rings. The summed E-state index contributed by atoms with van der Waals surface area (Å²) in [6.07, 6.45) is 2.79. The third-order valence-electron chi connectivity index (χ3n) is 2.19. The summed E-state index contributed by atoms with van der Waals surface area (Å²) in [4.78, 5) is 27.2. The Bertz CT molecular complexity index is 394. The van der Waals surface area contributed by atoms with Crippen LogP contribution in [-0.4, -0.2) is 38.7 Å². The molecule has 0 spiro atoms. The molecule has 1 atom stereocenters. The van der Waals surface area contributed by atoms with Crippen LogP contribution in [0.1, 0.15) is 6.42 Å². The van der Waals surface area contributed by atoms with Crippen molar-refractivity contribution in [3.63, 3.8) is 0 Å². The van der Waals surface area contributed by atoms with Crippen molar-refractivity contribution in [2.75, 3.05) is 11.4 Å². The van der Waals surface area contributed by atoms with Crippen LogP contribution in [0.25, 0.3) is 0 Å². The maximum atomic E-state index is 11.4. The summed E-state index contributed by atoms with van der Waals surface area (Å²) in [5.74, 6) is -1.78. The van der Waals surface area contributed by atoms with E-state index < -0.39 is 11.9 Å². The first kappa shape index (κ1) is 9.50. The number of hydrogen-bond acceptors (Lipinski definition) is 5. The second-order valence-electron chi connectivity index (χ2n) is 3.19. The van der Waals surface area contributed by atoms with Gasteiger partial charge in [0.25, 0.3) is 5.95 Å². The van der Waals surface area contributed by atoms with Crippen LogP contribution < -0.4 is 4.90 Å². The molecule has 0 saturated carbocycles. The molecule has 1 aromatic rings. The minimum atomic E-state index is -0.977. The van der Waals surface area contributed by atoms with Crippen molar-refractivity contribution in [1.82, 2.24) is 15.2 Å². The average molecular weight is 208 g/mol. The summed E-state index contributed by atoms with van der Waals surface area (Å²) in [7, 11) is 0. The smallest absolute Gasteiger partial charge is 0.308 e. The Labute approximate surface area is 84.8 Å². The second kappa shape index (κ2) is 3.60. The zero-order valence-corrected chi connectivity index (χ0v) is 7.70. The molecule has 1 aliphatic heterocycles. The second-order valence-corrected chi connectivity index (χ2v) is 3.19. The number of aromatic nitrogens is 3. The minimum Gasteiger partial charge on any atom is -0.481 e. The third-order valence-corrected chi connectivity index (χ3v) is 2.19. The molecule has 1 aromatic heterocycles. The highest BCUT2D eigenvalue weighted by molar-refractivity contribution is 5.97. The normalized spacial score (nSPS) is 20.7. The number of hydrogen-bond donors (Lipinski definition) is 1. The molecule has 1 amide bonds. The Morgan fingerprint density at radius 3 is 2.87 bits per heavy atom. The van der Waals surface area contributed by atoms with Gasteiger partial charge in [0, 0.05) is 13.0 Å². The van der Waals surface area contributed by atoms with Crippen molar-refractivity contribution >= 4 is 17.8 Å². The molecule has 7 heteroatoms. The van der Waals surface area contributed by atoms with Crippen LogP contribution in [-0.2, 0) is 9.59 Å². The summed E-state index contributed by atoms with van der Waals surface area (Å²) in [5, 5.41) is 16.0. The van der Waals surface area contributed by atoms with E-state index in [9.17, 15) is 9.59 Å². The quantitative estimate of drug-likeness (QED) is 0.690. The van der Waals surface area contributed by atoms with Gasteiger partial charge < -0.3 is 5.11 Å². The van der Waals surface area contributed by atoms with Crippen molar-refractivity contribution in [1.29, 1.82) is 0 Å². The SMILES string of the molecule is O=C(O)C1CC(=O)N(c2nccnn2)C1. The fourth-order valence-corrected chi connectivity index (χ4v) is 1.43. The standard InChI is InChI=1S/C8H8N4O3/c13-6-3-5(7(14)15)4-12(6)8-9-1-2-10-11-8/h1-2,5H,3-4H2,(H,14,15). The maximum Gasteiger partial charge on any atom is 0.308 e. The zero-order valence-electron chi connectivity index (χ0n) is 7.70. The van der Waals surface area contributed by atoms with E-state index in [2.05, 4.69) is 15.2 Å². The Balaban J connectivity index is 2.19. The summed E-state index contributed by atoms with van der Waals surface area (Å²) in [6, 6.07) is 0. The van der Waals surface area contributed by atoms with Gasteiger partial charge in [0.2, 0.25) is 5.91 Å². The van der Waals surface area contributed by atoms with Gasteiger partial charge in [-0.3, -0.25) is 14.5 Å². The molecule has 2 rings (SSSR count). The lowest BCUT2D eigenvalue weighted by Gasteiger charge is -2.11. The number of carboxylic acids is 1. The van der Waals surface area contributed by atoms with Crippen LogP contribution in [0.5, 0.6) is 0 Å². The molecule has 0 aromatic carbocycles. The first-order valence-electron chi connectivity index (χ1n) is 4.35. The summed E-state index contributed by atoms with van der Waals surface area (Å²) in [6.45, 7) is 0.111. The van der Waals surface area contributed by atoms with Crippen LogP contribution >= 0.6 is 0 Å². The van der Waals surface area contributed by atoms with Gasteiger partial charge in [0.05, 0.1) is 18.3 Å². The van der Waals surface area contributed by atoms with E-state index >= 15 is 0 Å². The monoisotopic (exact) mass is 208 g/mol. The highest BCUT2D eigenvalue weighted by Crippen LogP contribution is 2.21. The van der Waals surface area contributed by atoms with Crippen molar-refractivity contribution in [3.05, 3.63) is 12.4 Å². The number of rotatable bonds is 2. The van der Waals surface area contributed by atoms with Gasteiger partial charge in [-0.15, -0.1) is 5.10 Å². The largest absolute Gasteiger partial charge is 0.481 e. The van der Waals surface area contributed by atoms with E-state index in [1.54, 1.807) is 0 Å². The van der Waals surface area contributed by atoms with E-state index in [1.807, 2.05) is 0 Å². The Hall–Kier alpha value is -2.05. The van der Waals surface area contributed by atoms with E-state index in [4.69, 9.17) is 5.11 Å². The average Bonchev–Trinajstić information content (AvgIpc) is 2.62. The lowest BCUT2D eigenvalue weighted by Crippen LogP contribution is -2.27. The van der Waals surface area contributed by atoms with E-state index in [1.165, 1.54) is 17.3 Å². The third kappa shape index (κ3) is 1.76. The number of carboxylic acid groups (broad SMARTS) is 1. The van der Waals surface area contributed by atoms with Crippen LogP contribution in [0.3, 0.4) is 0 Å². The molecule has 0 bridgehead atoms. The van der Waals surface area contributed by atoms with Crippen molar-refractivity contribution in [2.24, 2.45) is 5.92 Å².